The molecule has 0 radical (unpaired) electrons. The average Bonchev–Trinajstić information content (AvgIpc) is 3.26. The summed E-state index contributed by atoms with van der Waals surface area (Å²) in [5.41, 5.74) is 2.88. The number of nitrogens with zero attached hydrogens (tertiary/aromatic N) is 2. The molecule has 1 aromatic carbocycles. The number of aliphatic hydroxyl groups is 1. The Labute approximate surface area is 195 Å². The standard InChI is InChI=1S/C26H34N4O3/c1-18(28-17-23(31)20-8-7-11-27-15-20)14-21-16-29-25-22(21)9-6-10-24(25)33-19(2)26(32)30-12-4-3-5-13-30/h6-11,15-16,18-19,23,28-29,31H,3-5,12-14,17H2,1-2H3/t18-,19-,23+/m1/s1. The molecule has 7 heteroatoms. The summed E-state index contributed by atoms with van der Waals surface area (Å²) >= 11 is 0. The highest BCUT2D eigenvalue weighted by molar-refractivity contribution is 5.89. The van der Waals surface area contributed by atoms with Gasteiger partial charge in [-0.05, 0) is 57.2 Å². The van der Waals surface area contributed by atoms with Crippen LogP contribution in [0.15, 0.2) is 48.9 Å². The summed E-state index contributed by atoms with van der Waals surface area (Å²) in [6, 6.07) is 9.82. The van der Waals surface area contributed by atoms with Gasteiger partial charge in [-0.15, -0.1) is 0 Å². The molecule has 176 valence electrons. The van der Waals surface area contributed by atoms with Gasteiger partial charge in [-0.3, -0.25) is 9.78 Å². The number of carbonyl (C=O) groups is 1. The lowest BCUT2D eigenvalue weighted by molar-refractivity contribution is -0.138. The first-order chi connectivity index (χ1) is 16.0. The molecule has 4 rings (SSSR count). The van der Waals surface area contributed by atoms with Crippen molar-refractivity contribution in [2.45, 2.75) is 57.8 Å². The van der Waals surface area contributed by atoms with Gasteiger partial charge in [-0.25, -0.2) is 0 Å². The summed E-state index contributed by atoms with van der Waals surface area (Å²) in [6.07, 6.45) is 8.41. The number of para-hydroxylation sites is 1. The summed E-state index contributed by atoms with van der Waals surface area (Å²) in [5.74, 6) is 0.757. The monoisotopic (exact) mass is 450 g/mol. The number of aromatic amines is 1. The number of H-pyrrole nitrogens is 1. The maximum absolute atomic E-state index is 12.8. The van der Waals surface area contributed by atoms with Crippen LogP contribution in [0.3, 0.4) is 0 Å². The molecule has 3 aromatic rings. The Morgan fingerprint density at radius 2 is 2.03 bits per heavy atom. The van der Waals surface area contributed by atoms with E-state index in [2.05, 4.69) is 28.3 Å². The Balaban J connectivity index is 1.37. The Kier molecular flexibility index (Phi) is 7.62. The normalized spacial score (nSPS) is 17.0. The number of hydrogen-bond acceptors (Lipinski definition) is 5. The second-order valence-corrected chi connectivity index (χ2v) is 8.95. The number of nitrogens with one attached hydrogen (secondary N) is 2. The molecule has 3 atom stereocenters. The van der Waals surface area contributed by atoms with Gasteiger partial charge >= 0.3 is 0 Å². The summed E-state index contributed by atoms with van der Waals surface area (Å²) < 4.78 is 6.11. The van der Waals surface area contributed by atoms with E-state index in [1.807, 2.05) is 42.3 Å². The zero-order valence-electron chi connectivity index (χ0n) is 19.5. The first-order valence-electron chi connectivity index (χ1n) is 11.9. The average molecular weight is 451 g/mol. The molecule has 1 aliphatic heterocycles. The van der Waals surface area contributed by atoms with Crippen molar-refractivity contribution in [2.75, 3.05) is 19.6 Å². The molecule has 1 saturated heterocycles. The van der Waals surface area contributed by atoms with Crippen LogP contribution in [0.5, 0.6) is 5.75 Å². The lowest BCUT2D eigenvalue weighted by atomic mass is 10.1. The number of hydrogen-bond donors (Lipinski definition) is 3. The third-order valence-electron chi connectivity index (χ3n) is 6.34. The van der Waals surface area contributed by atoms with E-state index in [1.54, 1.807) is 12.4 Å². The summed E-state index contributed by atoms with van der Waals surface area (Å²) in [7, 11) is 0. The number of ether oxygens (including phenoxy) is 1. The van der Waals surface area contributed by atoms with E-state index in [0.29, 0.717) is 12.3 Å². The van der Waals surface area contributed by atoms with Crippen molar-refractivity contribution in [3.05, 3.63) is 60.0 Å². The van der Waals surface area contributed by atoms with Crippen LogP contribution in [-0.2, 0) is 11.2 Å². The highest BCUT2D eigenvalue weighted by Crippen LogP contribution is 2.29. The molecular weight excluding hydrogens is 416 g/mol. The van der Waals surface area contributed by atoms with Gasteiger partial charge in [-0.1, -0.05) is 18.2 Å². The van der Waals surface area contributed by atoms with Crippen molar-refractivity contribution in [1.82, 2.24) is 20.2 Å². The maximum atomic E-state index is 12.8. The highest BCUT2D eigenvalue weighted by Gasteiger charge is 2.24. The number of aliphatic hydroxyl groups excluding tert-OH is 1. The van der Waals surface area contributed by atoms with Gasteiger partial charge in [0.05, 0.1) is 11.6 Å². The number of aromatic nitrogens is 2. The third-order valence-corrected chi connectivity index (χ3v) is 6.34. The van der Waals surface area contributed by atoms with Crippen molar-refractivity contribution in [2.24, 2.45) is 0 Å². The van der Waals surface area contributed by atoms with E-state index >= 15 is 0 Å². The fourth-order valence-corrected chi connectivity index (χ4v) is 4.47. The van der Waals surface area contributed by atoms with Crippen LogP contribution < -0.4 is 10.1 Å². The molecule has 33 heavy (non-hydrogen) atoms. The van der Waals surface area contributed by atoms with Crippen LogP contribution in [0, 0.1) is 0 Å². The smallest absolute Gasteiger partial charge is 0.263 e. The van der Waals surface area contributed by atoms with Gasteiger partial charge < -0.3 is 25.0 Å². The summed E-state index contributed by atoms with van der Waals surface area (Å²) in [4.78, 5) is 22.1. The third kappa shape index (κ3) is 5.72. The lowest BCUT2D eigenvalue weighted by Crippen LogP contribution is -2.43. The number of benzene rings is 1. The van der Waals surface area contributed by atoms with E-state index in [-0.39, 0.29) is 11.9 Å². The number of fused-ring (bicyclic) bond motifs is 1. The molecule has 0 bridgehead atoms. The molecular formula is C26H34N4O3. The minimum atomic E-state index is -0.594. The summed E-state index contributed by atoms with van der Waals surface area (Å²) in [5, 5.41) is 14.9. The zero-order valence-corrected chi connectivity index (χ0v) is 19.5. The second-order valence-electron chi connectivity index (χ2n) is 8.95. The van der Waals surface area contributed by atoms with E-state index in [1.165, 1.54) is 12.0 Å². The van der Waals surface area contributed by atoms with E-state index in [9.17, 15) is 9.90 Å². The molecule has 1 amide bonds. The SMILES string of the molecule is C[C@H](Cc1c[nH]c2c(O[C@H](C)C(=O)N3CCCCC3)cccc12)NC[C@H](O)c1cccnc1. The first-order valence-corrected chi connectivity index (χ1v) is 11.9. The van der Waals surface area contributed by atoms with Gasteiger partial charge in [0.1, 0.15) is 5.75 Å². The Bertz CT molecular complexity index is 1050. The number of carbonyl (C=O) groups excluding carboxylic acids is 1. The van der Waals surface area contributed by atoms with Gasteiger partial charge in [0.15, 0.2) is 6.10 Å². The maximum Gasteiger partial charge on any atom is 0.263 e. The van der Waals surface area contributed by atoms with Crippen LogP contribution >= 0.6 is 0 Å². The van der Waals surface area contributed by atoms with Crippen LogP contribution in [0.1, 0.15) is 50.3 Å². The van der Waals surface area contributed by atoms with Crippen molar-refractivity contribution in [3.8, 4) is 5.75 Å². The molecule has 0 saturated carbocycles. The molecule has 0 unspecified atom stereocenters. The molecule has 7 nitrogen and oxygen atoms in total. The predicted molar refractivity (Wildman–Crippen MR) is 129 cm³/mol. The lowest BCUT2D eigenvalue weighted by Gasteiger charge is -2.29. The van der Waals surface area contributed by atoms with Crippen molar-refractivity contribution in [1.29, 1.82) is 0 Å². The Hall–Kier alpha value is -2.90. The topological polar surface area (TPSA) is 90.5 Å². The molecule has 3 N–H and O–H groups in total. The molecule has 2 aromatic heterocycles. The predicted octanol–water partition coefficient (Wildman–Crippen LogP) is 3.60. The second kappa shape index (κ2) is 10.8. The van der Waals surface area contributed by atoms with Crippen molar-refractivity contribution in [3.63, 3.8) is 0 Å². The number of likely N-dealkylation sites (tertiary alicyclic amines) is 1. The van der Waals surface area contributed by atoms with Gasteiger partial charge in [0.25, 0.3) is 5.91 Å². The summed E-state index contributed by atoms with van der Waals surface area (Å²) in [6.45, 7) is 6.04. The molecule has 3 heterocycles. The van der Waals surface area contributed by atoms with Crippen molar-refractivity contribution >= 4 is 16.8 Å². The largest absolute Gasteiger partial charge is 0.479 e. The number of pyridine rings is 1. The van der Waals surface area contributed by atoms with Crippen LogP contribution in [0.25, 0.3) is 10.9 Å². The zero-order chi connectivity index (χ0) is 23.2. The fraction of sp³-hybridized carbons (Fsp3) is 0.462. The van der Waals surface area contributed by atoms with E-state index in [4.69, 9.17) is 4.74 Å². The number of amides is 1. The molecule has 1 fully saturated rings. The van der Waals surface area contributed by atoms with Crippen LogP contribution in [0.4, 0.5) is 0 Å². The molecule has 0 aliphatic carbocycles. The molecule has 1 aliphatic rings. The van der Waals surface area contributed by atoms with E-state index < -0.39 is 12.2 Å². The number of rotatable bonds is 9. The van der Waals surface area contributed by atoms with Gasteiger partial charge in [0.2, 0.25) is 0 Å². The van der Waals surface area contributed by atoms with Gasteiger partial charge in [-0.2, -0.15) is 0 Å². The van der Waals surface area contributed by atoms with Crippen molar-refractivity contribution < 1.29 is 14.6 Å². The van der Waals surface area contributed by atoms with Gasteiger partial charge in [0, 0.05) is 55.2 Å². The highest BCUT2D eigenvalue weighted by atomic mass is 16.5. The number of piperidine rings is 1. The quantitative estimate of drug-likeness (QED) is 0.463. The first kappa shape index (κ1) is 23.3. The fourth-order valence-electron chi connectivity index (χ4n) is 4.47. The Morgan fingerprint density at radius 3 is 2.79 bits per heavy atom. The minimum Gasteiger partial charge on any atom is -0.479 e. The van der Waals surface area contributed by atoms with E-state index in [0.717, 1.165) is 48.8 Å². The van der Waals surface area contributed by atoms with Crippen LogP contribution in [0.2, 0.25) is 0 Å². The Morgan fingerprint density at radius 1 is 1.21 bits per heavy atom. The van der Waals surface area contributed by atoms with Crippen LogP contribution in [-0.4, -0.2) is 57.7 Å². The minimum absolute atomic E-state index is 0.0588. The molecule has 0 spiro atoms.